The molecular formula is C23H35ClIN7. The Labute approximate surface area is 213 Å². The second-order valence-corrected chi connectivity index (χ2v) is 9.08. The number of hydrogen-bond donors (Lipinski definition) is 2. The zero-order valence-corrected chi connectivity index (χ0v) is 22.1. The number of hydrogen-bond acceptors (Lipinski definition) is 4. The smallest absolute Gasteiger partial charge is 0.191 e. The highest BCUT2D eigenvalue weighted by atomic mass is 127. The number of guanidine groups is 1. The molecule has 32 heavy (non-hydrogen) atoms. The van der Waals surface area contributed by atoms with E-state index in [0.29, 0.717) is 12.0 Å². The summed E-state index contributed by atoms with van der Waals surface area (Å²) >= 11 is 6.33. The molecule has 3 heterocycles. The molecule has 1 atom stereocenters. The third kappa shape index (κ3) is 6.81. The number of likely N-dealkylation sites (tertiary alicyclic amines) is 1. The van der Waals surface area contributed by atoms with E-state index in [0.717, 1.165) is 74.7 Å². The monoisotopic (exact) mass is 571 g/mol. The van der Waals surface area contributed by atoms with Crippen molar-refractivity contribution in [2.75, 3.05) is 26.2 Å². The Morgan fingerprint density at radius 3 is 2.75 bits per heavy atom. The van der Waals surface area contributed by atoms with E-state index >= 15 is 0 Å². The Morgan fingerprint density at radius 2 is 2.00 bits per heavy atom. The highest BCUT2D eigenvalue weighted by Crippen LogP contribution is 2.22. The lowest BCUT2D eigenvalue weighted by Gasteiger charge is -2.31. The van der Waals surface area contributed by atoms with Gasteiger partial charge in [0.15, 0.2) is 5.96 Å². The van der Waals surface area contributed by atoms with Crippen molar-refractivity contribution in [1.29, 1.82) is 0 Å². The molecular weight excluding hydrogens is 537 g/mol. The normalized spacial score (nSPS) is 19.8. The first kappa shape index (κ1) is 25.2. The molecule has 1 unspecified atom stereocenters. The van der Waals surface area contributed by atoms with E-state index < -0.39 is 0 Å². The summed E-state index contributed by atoms with van der Waals surface area (Å²) in [7, 11) is 0. The molecule has 2 aliphatic heterocycles. The van der Waals surface area contributed by atoms with Crippen LogP contribution < -0.4 is 10.6 Å². The second kappa shape index (κ2) is 12.2. The molecule has 0 radical (unpaired) electrons. The summed E-state index contributed by atoms with van der Waals surface area (Å²) in [4.78, 5) is 11.9. The number of aromatic nitrogens is 3. The van der Waals surface area contributed by atoms with Crippen molar-refractivity contribution in [2.24, 2.45) is 10.9 Å². The molecule has 0 amide bonds. The van der Waals surface area contributed by atoms with E-state index in [2.05, 4.69) is 44.7 Å². The van der Waals surface area contributed by atoms with Gasteiger partial charge in [-0.25, -0.2) is 9.67 Å². The highest BCUT2D eigenvalue weighted by Gasteiger charge is 2.23. The molecule has 1 saturated heterocycles. The largest absolute Gasteiger partial charge is 0.357 e. The van der Waals surface area contributed by atoms with Crippen LogP contribution in [0.3, 0.4) is 0 Å². The Morgan fingerprint density at radius 1 is 1.22 bits per heavy atom. The van der Waals surface area contributed by atoms with Crippen LogP contribution in [0.2, 0.25) is 5.02 Å². The average molecular weight is 572 g/mol. The van der Waals surface area contributed by atoms with E-state index in [1.807, 2.05) is 23.7 Å². The van der Waals surface area contributed by atoms with E-state index in [-0.39, 0.29) is 24.0 Å². The zero-order valence-electron chi connectivity index (χ0n) is 19.1. The van der Waals surface area contributed by atoms with Gasteiger partial charge < -0.3 is 10.6 Å². The third-order valence-electron chi connectivity index (χ3n) is 6.22. The number of piperidine rings is 1. The lowest BCUT2D eigenvalue weighted by atomic mass is 9.96. The van der Waals surface area contributed by atoms with Gasteiger partial charge in [0.2, 0.25) is 0 Å². The molecule has 2 aliphatic rings. The van der Waals surface area contributed by atoms with Crippen molar-refractivity contribution in [3.05, 3.63) is 46.5 Å². The van der Waals surface area contributed by atoms with Gasteiger partial charge in [-0.05, 0) is 63.7 Å². The standard InChI is InChI=1S/C23H34ClN7.HI/c1-3-25-23(28-20-8-9-22-27-17(2)29-31(22)16-20)26-14-18-10-12-30(13-11-18)15-19-6-4-5-7-21(19)24;/h4-7,18,20H,3,8-16H2,1-2H3,(H2,25,26,28);1H. The molecule has 2 N–H and O–H groups in total. The van der Waals surface area contributed by atoms with E-state index in [4.69, 9.17) is 16.6 Å². The topological polar surface area (TPSA) is 70.4 Å². The maximum absolute atomic E-state index is 6.33. The number of rotatable bonds is 6. The van der Waals surface area contributed by atoms with Gasteiger partial charge in [-0.15, -0.1) is 24.0 Å². The number of aryl methyl sites for hydroxylation is 2. The first-order chi connectivity index (χ1) is 15.1. The fourth-order valence-corrected chi connectivity index (χ4v) is 4.68. The van der Waals surface area contributed by atoms with Gasteiger partial charge in [0.25, 0.3) is 0 Å². The summed E-state index contributed by atoms with van der Waals surface area (Å²) in [5, 5.41) is 12.4. The molecule has 0 aliphatic carbocycles. The van der Waals surface area contributed by atoms with Crippen LogP contribution in [0.5, 0.6) is 0 Å². The van der Waals surface area contributed by atoms with E-state index in [1.165, 1.54) is 18.4 Å². The quantitative estimate of drug-likeness (QED) is 0.315. The van der Waals surface area contributed by atoms with Crippen molar-refractivity contribution in [1.82, 2.24) is 30.3 Å². The Bertz CT molecular complexity index is 892. The van der Waals surface area contributed by atoms with Crippen LogP contribution in [0, 0.1) is 12.8 Å². The summed E-state index contributed by atoms with van der Waals surface area (Å²) in [6.07, 6.45) is 4.38. The number of aliphatic imine (C=N–C) groups is 1. The molecule has 0 bridgehead atoms. The van der Waals surface area contributed by atoms with Gasteiger partial charge in [0.05, 0.1) is 6.54 Å². The number of nitrogens with one attached hydrogen (secondary N) is 2. The van der Waals surface area contributed by atoms with Crippen LogP contribution in [0.1, 0.15) is 43.4 Å². The van der Waals surface area contributed by atoms with Gasteiger partial charge in [-0.1, -0.05) is 29.8 Å². The minimum Gasteiger partial charge on any atom is -0.357 e. The summed E-state index contributed by atoms with van der Waals surface area (Å²) in [5.74, 6) is 3.51. The molecule has 7 nitrogen and oxygen atoms in total. The molecule has 2 aromatic rings. The van der Waals surface area contributed by atoms with Gasteiger partial charge in [0.1, 0.15) is 11.6 Å². The van der Waals surface area contributed by atoms with Crippen molar-refractivity contribution >= 4 is 41.5 Å². The number of halogens is 2. The minimum atomic E-state index is 0. The summed E-state index contributed by atoms with van der Waals surface area (Å²) in [6, 6.07) is 8.50. The first-order valence-electron chi connectivity index (χ1n) is 11.5. The maximum Gasteiger partial charge on any atom is 0.191 e. The molecule has 4 rings (SSSR count). The van der Waals surface area contributed by atoms with Crippen LogP contribution >= 0.6 is 35.6 Å². The number of fused-ring (bicyclic) bond motifs is 1. The van der Waals surface area contributed by atoms with Crippen LogP contribution in [-0.4, -0.2) is 57.8 Å². The van der Waals surface area contributed by atoms with E-state index in [1.54, 1.807) is 0 Å². The van der Waals surface area contributed by atoms with Gasteiger partial charge in [-0.2, -0.15) is 5.10 Å². The lowest BCUT2D eigenvalue weighted by Crippen LogP contribution is -2.47. The number of nitrogens with zero attached hydrogens (tertiary/aromatic N) is 5. The fourth-order valence-electron chi connectivity index (χ4n) is 4.48. The minimum absolute atomic E-state index is 0. The maximum atomic E-state index is 6.33. The Balaban J connectivity index is 0.00000289. The third-order valence-corrected chi connectivity index (χ3v) is 6.58. The molecule has 1 aromatic heterocycles. The van der Waals surface area contributed by atoms with Crippen LogP contribution in [0.4, 0.5) is 0 Å². The van der Waals surface area contributed by atoms with Crippen LogP contribution in [-0.2, 0) is 19.5 Å². The molecule has 9 heteroatoms. The Hall–Kier alpha value is -1.39. The van der Waals surface area contributed by atoms with Gasteiger partial charge in [0, 0.05) is 37.1 Å². The van der Waals surface area contributed by atoms with Crippen molar-refractivity contribution in [3.63, 3.8) is 0 Å². The predicted molar refractivity (Wildman–Crippen MR) is 141 cm³/mol. The first-order valence-corrected chi connectivity index (χ1v) is 11.9. The molecule has 0 saturated carbocycles. The predicted octanol–water partition coefficient (Wildman–Crippen LogP) is 3.64. The van der Waals surface area contributed by atoms with Gasteiger partial charge >= 0.3 is 0 Å². The highest BCUT2D eigenvalue weighted by molar-refractivity contribution is 14.0. The van der Waals surface area contributed by atoms with Crippen molar-refractivity contribution < 1.29 is 0 Å². The van der Waals surface area contributed by atoms with E-state index in [9.17, 15) is 0 Å². The summed E-state index contributed by atoms with van der Waals surface area (Å²) in [5.41, 5.74) is 1.22. The molecule has 1 aromatic carbocycles. The lowest BCUT2D eigenvalue weighted by molar-refractivity contribution is 0.180. The molecule has 0 spiro atoms. The summed E-state index contributed by atoms with van der Waals surface area (Å²) < 4.78 is 2.04. The zero-order chi connectivity index (χ0) is 21.6. The SMILES string of the molecule is CCNC(=NCC1CCN(Cc2ccccc2Cl)CC1)NC1CCc2nc(C)nn2C1.I. The van der Waals surface area contributed by atoms with Crippen LogP contribution in [0.25, 0.3) is 0 Å². The second-order valence-electron chi connectivity index (χ2n) is 8.67. The fraction of sp³-hybridized carbons (Fsp3) is 0.609. The van der Waals surface area contributed by atoms with Crippen molar-refractivity contribution in [2.45, 2.75) is 58.7 Å². The number of benzene rings is 1. The van der Waals surface area contributed by atoms with Crippen molar-refractivity contribution in [3.8, 4) is 0 Å². The Kier molecular flexibility index (Phi) is 9.61. The van der Waals surface area contributed by atoms with Gasteiger partial charge in [-0.3, -0.25) is 9.89 Å². The molecule has 176 valence electrons. The summed E-state index contributed by atoms with van der Waals surface area (Å²) in [6.45, 7) is 9.80. The van der Waals surface area contributed by atoms with Crippen LogP contribution in [0.15, 0.2) is 29.3 Å². The average Bonchev–Trinajstić information content (AvgIpc) is 3.14. The molecule has 1 fully saturated rings.